The van der Waals surface area contributed by atoms with E-state index in [-0.39, 0.29) is 0 Å². The van der Waals surface area contributed by atoms with Crippen LogP contribution in [0.25, 0.3) is 0 Å². The average molecular weight is 283 g/mol. The summed E-state index contributed by atoms with van der Waals surface area (Å²) in [4.78, 5) is 3.19. The summed E-state index contributed by atoms with van der Waals surface area (Å²) < 4.78 is 0.407. The van der Waals surface area contributed by atoms with Crippen LogP contribution in [0.15, 0.2) is 11.1 Å². The number of rotatable bonds is 0. The molecule has 0 radical (unpaired) electrons. The van der Waals surface area contributed by atoms with Crippen molar-refractivity contribution in [2.75, 3.05) is 13.3 Å². The lowest BCUT2D eigenvalue weighted by molar-refractivity contribution is 0.0682. The van der Waals surface area contributed by atoms with E-state index in [4.69, 9.17) is 0 Å². The zero-order chi connectivity index (χ0) is 14.6. The highest BCUT2D eigenvalue weighted by Gasteiger charge is 2.71. The van der Waals surface area contributed by atoms with Crippen LogP contribution in [-0.2, 0) is 10.9 Å². The van der Waals surface area contributed by atoms with Crippen LogP contribution < -0.4 is 0 Å². The van der Waals surface area contributed by atoms with Crippen LogP contribution in [0.1, 0.15) is 67.2 Å². The fourth-order valence-corrected chi connectivity index (χ4v) is 7.34. The van der Waals surface area contributed by atoms with Crippen LogP contribution >= 0.6 is 0 Å². The third kappa shape index (κ3) is 1.93. The van der Waals surface area contributed by atoms with E-state index >= 15 is 0 Å². The Labute approximate surface area is 123 Å². The minimum absolute atomic E-state index is 0.299. The minimum Gasteiger partial charge on any atom is -0.249 e. The molecule has 0 N–H and O–H groups in total. The van der Waals surface area contributed by atoms with Crippen molar-refractivity contribution in [3.05, 3.63) is 11.1 Å². The lowest BCUT2D eigenvalue weighted by atomic mass is 9.82. The molecule has 1 saturated carbocycles. The highest BCUT2D eigenvalue weighted by atomic mass is 32.2. The highest BCUT2D eigenvalue weighted by molar-refractivity contribution is 7.99. The van der Waals surface area contributed by atoms with Crippen LogP contribution in [0.3, 0.4) is 0 Å². The number of nitrogens with zero attached hydrogens (tertiary/aromatic N) is 1. The van der Waals surface area contributed by atoms with E-state index in [2.05, 4.69) is 59.7 Å². The van der Waals surface area contributed by atoms with Gasteiger partial charge in [0.05, 0.1) is 11.8 Å². The molecule has 110 valence electrons. The zero-order valence-electron chi connectivity index (χ0n) is 14.2. The summed E-state index contributed by atoms with van der Waals surface area (Å²) in [6.07, 6.45) is 7.87. The van der Waals surface area contributed by atoms with E-state index < -0.39 is 0 Å². The molecule has 19 heavy (non-hydrogen) atoms. The predicted molar refractivity (Wildman–Crippen MR) is 88.8 cm³/mol. The van der Waals surface area contributed by atoms with Crippen molar-refractivity contribution in [3.8, 4) is 0 Å². The topological polar surface area (TPSA) is 3.24 Å². The second-order valence-electron chi connectivity index (χ2n) is 7.69. The van der Waals surface area contributed by atoms with Gasteiger partial charge in [0.1, 0.15) is 4.75 Å². The van der Waals surface area contributed by atoms with Crippen molar-refractivity contribution in [1.29, 1.82) is 0 Å². The molecular formula is C17H32NS+. The lowest BCUT2D eigenvalue weighted by Gasteiger charge is -2.40. The summed E-state index contributed by atoms with van der Waals surface area (Å²) in [6.45, 7) is 14.4. The summed E-state index contributed by atoms with van der Waals surface area (Å²) in [7, 11) is 2.83. The molecule has 1 heterocycles. The van der Waals surface area contributed by atoms with Gasteiger partial charge in [-0.15, -0.1) is 0 Å². The predicted octanol–water partition coefficient (Wildman–Crippen LogP) is 4.34. The first kappa shape index (κ1) is 15.4. The fraction of sp³-hybridized carbons (Fsp3) is 0.882. The molecule has 0 bridgehead atoms. The smallest absolute Gasteiger partial charge is 0.183 e. The Balaban J connectivity index is 2.34. The van der Waals surface area contributed by atoms with E-state index in [1.54, 1.807) is 11.1 Å². The summed E-state index contributed by atoms with van der Waals surface area (Å²) in [5.74, 6) is 0. The quantitative estimate of drug-likeness (QED) is 0.472. The molecular weight excluding hydrogens is 250 g/mol. The Morgan fingerprint density at radius 3 is 1.84 bits per heavy atom. The van der Waals surface area contributed by atoms with E-state index in [0.29, 0.717) is 26.1 Å². The Morgan fingerprint density at radius 1 is 1.05 bits per heavy atom. The van der Waals surface area contributed by atoms with Crippen molar-refractivity contribution in [1.82, 2.24) is 4.90 Å². The molecule has 1 saturated heterocycles. The number of allylic oxidation sites excluding steroid dienone is 2. The summed E-state index contributed by atoms with van der Waals surface area (Å²) >= 11 is 0. The maximum absolute atomic E-state index is 2.74. The molecule has 1 aliphatic carbocycles. The molecule has 1 aliphatic heterocycles. The van der Waals surface area contributed by atoms with Crippen molar-refractivity contribution in [3.63, 3.8) is 0 Å². The van der Waals surface area contributed by atoms with Crippen LogP contribution in [0.2, 0.25) is 0 Å². The van der Waals surface area contributed by atoms with Gasteiger partial charge in [0.2, 0.25) is 0 Å². The highest BCUT2D eigenvalue weighted by Crippen LogP contribution is 2.56. The molecule has 0 aromatic carbocycles. The van der Waals surface area contributed by atoms with Gasteiger partial charge in [-0.3, -0.25) is 0 Å². The largest absolute Gasteiger partial charge is 0.249 e. The average Bonchev–Trinajstić information content (AvgIpc) is 2.43. The monoisotopic (exact) mass is 282 g/mol. The molecule has 0 amide bonds. The van der Waals surface area contributed by atoms with Crippen LogP contribution in [0.4, 0.5) is 0 Å². The first-order valence-corrected chi connectivity index (χ1v) is 9.26. The molecule has 2 aliphatic rings. The SMILES string of the molecule is CC(C)=C1CCC2(CC1)N(C)C(C)(C)C(C)(C)[S+]2C. The van der Waals surface area contributed by atoms with Crippen LogP contribution in [-0.4, -0.2) is 33.4 Å². The van der Waals surface area contributed by atoms with Gasteiger partial charge in [0.25, 0.3) is 0 Å². The molecule has 0 aromatic heterocycles. The standard InChI is InChI=1S/C17H32NS/c1-13(2)14-9-11-17(12-10-14)18(7)15(3,4)16(5,6)19(17)8/h9-12H2,1-8H3/q+1. The third-order valence-electron chi connectivity index (χ3n) is 6.60. The summed E-state index contributed by atoms with van der Waals surface area (Å²) in [6, 6.07) is 0. The van der Waals surface area contributed by atoms with Gasteiger partial charge in [0, 0.05) is 23.7 Å². The normalized spacial score (nSPS) is 37.9. The second kappa shape index (κ2) is 4.53. The van der Waals surface area contributed by atoms with Crippen LogP contribution in [0.5, 0.6) is 0 Å². The molecule has 1 unspecified atom stereocenters. The molecule has 1 nitrogen and oxygen atoms in total. The van der Waals surface area contributed by atoms with Gasteiger partial charge in [-0.2, -0.15) is 0 Å². The minimum atomic E-state index is 0.299. The first-order valence-electron chi connectivity index (χ1n) is 7.63. The number of hydrogen-bond donors (Lipinski definition) is 0. The molecule has 0 aromatic rings. The van der Waals surface area contributed by atoms with Crippen molar-refractivity contribution in [2.24, 2.45) is 0 Å². The van der Waals surface area contributed by atoms with E-state index in [9.17, 15) is 0 Å². The Hall–Kier alpha value is 0.0500. The van der Waals surface area contributed by atoms with E-state index in [1.807, 2.05) is 0 Å². The van der Waals surface area contributed by atoms with Gasteiger partial charge >= 0.3 is 0 Å². The van der Waals surface area contributed by atoms with Gasteiger partial charge in [0.15, 0.2) is 4.87 Å². The zero-order valence-corrected chi connectivity index (χ0v) is 15.0. The van der Waals surface area contributed by atoms with Crippen molar-refractivity contribution >= 4 is 10.9 Å². The number of hydrogen-bond acceptors (Lipinski definition) is 1. The Morgan fingerprint density at radius 2 is 1.53 bits per heavy atom. The first-order chi connectivity index (χ1) is 8.57. The van der Waals surface area contributed by atoms with E-state index in [0.717, 1.165) is 0 Å². The Kier molecular flexibility index (Phi) is 3.68. The molecule has 2 rings (SSSR count). The molecule has 2 heteroatoms. The van der Waals surface area contributed by atoms with Crippen molar-refractivity contribution in [2.45, 2.75) is 82.4 Å². The van der Waals surface area contributed by atoms with Crippen LogP contribution in [0, 0.1) is 0 Å². The molecule has 2 fully saturated rings. The maximum atomic E-state index is 2.74. The second-order valence-corrected chi connectivity index (χ2v) is 10.5. The van der Waals surface area contributed by atoms with Gasteiger partial charge in [-0.05, 0) is 61.4 Å². The van der Waals surface area contributed by atoms with Gasteiger partial charge in [-0.1, -0.05) is 11.1 Å². The van der Waals surface area contributed by atoms with Crippen molar-refractivity contribution < 1.29 is 0 Å². The summed E-state index contributed by atoms with van der Waals surface area (Å²) in [5.41, 5.74) is 3.58. The molecule has 1 atom stereocenters. The lowest BCUT2D eigenvalue weighted by Crippen LogP contribution is -2.53. The van der Waals surface area contributed by atoms with E-state index in [1.165, 1.54) is 25.7 Å². The fourth-order valence-electron chi connectivity index (χ4n) is 4.05. The van der Waals surface area contributed by atoms with Gasteiger partial charge in [-0.25, -0.2) is 4.90 Å². The molecule has 1 spiro atoms. The maximum Gasteiger partial charge on any atom is 0.183 e. The Bertz CT molecular complexity index is 369. The van der Waals surface area contributed by atoms with Gasteiger partial charge < -0.3 is 0 Å². The third-order valence-corrected chi connectivity index (χ3v) is 10.5. The summed E-state index contributed by atoms with van der Waals surface area (Å²) in [5, 5.41) is 0.